The van der Waals surface area contributed by atoms with Gasteiger partial charge >= 0.3 is 58.6 Å². The van der Waals surface area contributed by atoms with Crippen molar-refractivity contribution in [3.63, 3.8) is 0 Å². The number of rotatable bonds is 50. The van der Waals surface area contributed by atoms with Gasteiger partial charge in [0.15, 0.2) is 0 Å². The zero-order chi connectivity index (χ0) is 80.1. The molecule has 3 rings (SSSR count). The molecule has 0 saturated heterocycles. The molecule has 1 aliphatic heterocycles. The first-order valence-corrected chi connectivity index (χ1v) is 36.7. The van der Waals surface area contributed by atoms with Crippen LogP contribution in [0.15, 0.2) is 60.7 Å². The van der Waals surface area contributed by atoms with Crippen molar-refractivity contribution in [2.75, 3.05) is 96.1 Å². The lowest BCUT2D eigenvalue weighted by Crippen LogP contribution is -2.55. The summed E-state index contributed by atoms with van der Waals surface area (Å²) in [7, 11) is -4.46. The third-order valence-electron chi connectivity index (χ3n) is 15.4. The topological polar surface area (TPSA) is 546 Å². The smallest absolute Gasteiger partial charge is 0.421 e. The van der Waals surface area contributed by atoms with E-state index in [1.165, 1.54) is 12.2 Å². The number of hydrogen-bond donors (Lipinski definition) is 13. The summed E-state index contributed by atoms with van der Waals surface area (Å²) in [6.07, 6.45) is 0.166. The van der Waals surface area contributed by atoms with Crippen LogP contribution < -0.4 is 68.8 Å². The minimum atomic E-state index is -4.46. The molecule has 0 aromatic heterocycles. The maximum Gasteiger partial charge on any atom is 0.421 e. The lowest BCUT2D eigenvalue weighted by Gasteiger charge is -2.26. The molecule has 108 heavy (non-hydrogen) atoms. The number of imide groups is 1. The van der Waals surface area contributed by atoms with Crippen molar-refractivity contribution in [3.05, 3.63) is 71.8 Å². The van der Waals surface area contributed by atoms with Gasteiger partial charge in [-0.05, 0) is 92.2 Å². The van der Waals surface area contributed by atoms with Gasteiger partial charge in [0, 0.05) is 69.1 Å². The number of hydrogen-bond acceptors (Lipinski definition) is 24. The summed E-state index contributed by atoms with van der Waals surface area (Å²) in [5.74, 6) is -6.36. The predicted octanol–water partition coefficient (Wildman–Crippen LogP) is 1.79. The fourth-order valence-corrected chi connectivity index (χ4v) is 10.2. The fraction of sp³-hybridized carbons (Fsp3) is 0.574. The summed E-state index contributed by atoms with van der Waals surface area (Å²) < 4.78 is 65.6. The molecule has 39 nitrogen and oxygen atoms in total. The van der Waals surface area contributed by atoms with E-state index in [1.54, 1.807) is 102 Å². The molecule has 0 spiro atoms. The molecule has 15 amide bonds. The van der Waals surface area contributed by atoms with E-state index in [2.05, 4.69) is 52.6 Å². The maximum absolute atomic E-state index is 13.9. The van der Waals surface area contributed by atoms with Crippen LogP contribution in [0.5, 0.6) is 0 Å². The Hall–Kier alpha value is -10.9. The van der Waals surface area contributed by atoms with E-state index in [9.17, 15) is 80.3 Å². The Labute approximate surface area is 626 Å². The van der Waals surface area contributed by atoms with E-state index >= 15 is 0 Å². The van der Waals surface area contributed by atoms with Crippen molar-refractivity contribution >= 4 is 111 Å². The monoisotopic (exact) mass is 1550 g/mol. The normalized spacial score (nSPS) is 12.8. The van der Waals surface area contributed by atoms with Gasteiger partial charge in [0.05, 0.1) is 38.8 Å². The number of urea groups is 2. The summed E-state index contributed by atoms with van der Waals surface area (Å²) in [6, 6.07) is 6.02. The van der Waals surface area contributed by atoms with E-state index < -0.39 is 151 Å². The van der Waals surface area contributed by atoms with Gasteiger partial charge in [-0.15, -0.1) is 0 Å². The van der Waals surface area contributed by atoms with Gasteiger partial charge in [-0.3, -0.25) is 48.1 Å². The van der Waals surface area contributed by atoms with Crippen LogP contribution in [0.25, 0.3) is 0 Å². The third kappa shape index (κ3) is 38.4. The summed E-state index contributed by atoms with van der Waals surface area (Å²) in [5.41, 5.74) is 12.4. The Morgan fingerprint density at radius 3 is 1.45 bits per heavy atom. The van der Waals surface area contributed by atoms with Gasteiger partial charge in [-0.1, -0.05) is 79.2 Å². The zero-order valence-electron chi connectivity index (χ0n) is 61.7. The number of amides is 15. The Kier molecular flexibility index (Phi) is 42.1. The number of unbranched alkanes of at least 4 members (excludes halogenated alkanes) is 2. The van der Waals surface area contributed by atoms with Crippen LogP contribution in [0.1, 0.15) is 124 Å². The second-order valence-electron chi connectivity index (χ2n) is 25.2. The van der Waals surface area contributed by atoms with E-state index in [-0.39, 0.29) is 134 Å². The number of carbonyl (C=O) groups excluding carboxylic acids is 15. The molecule has 0 saturated carbocycles. The standard InChI is InChI=1S/C68H103N15O24S/c1-8-55(87)106-41-46-18-22-48(23-19-46)75-58(88)50(15-12-28-72-63(69)93)77-60(90)56(43(2)3)79-65(95)103-37-33-82(68(98)105-40-39-101-36-31-74-108(99,100)81-67(97)102-35-14-30-71-52(84)17-10-9-11-32-83-53(85)26-27-54(83)86)34-38-104-66(96)80-57(44(4)5)61(91)78-51(16-13-29-73-64(70)94)59(89)76-49-24-20-47(21-25-49)42-107-62(92)45(6)7/h18-27,43-45,50-51,56-57,74H,8-17,28-42H2,1-7H3,(H,71,84)(H,75,88)(H,76,89)(H,77,90)(H,78,91)(H,79,95)(H,80,96)(H,81,97)(H3,69,72,93)(H3,70,73,94)/t50?,51?,56-,57-/m0/s1. The molecule has 2 aromatic carbocycles. The third-order valence-corrected chi connectivity index (χ3v) is 16.4. The maximum atomic E-state index is 13.9. The van der Waals surface area contributed by atoms with Crippen LogP contribution in [0.3, 0.4) is 0 Å². The molecule has 0 radical (unpaired) electrons. The summed E-state index contributed by atoms with van der Waals surface area (Å²) in [6.45, 7) is 8.11. The lowest BCUT2D eigenvalue weighted by atomic mass is 10.0. The minimum absolute atomic E-state index is 0.0000487. The molecule has 1 aliphatic rings. The van der Waals surface area contributed by atoms with Crippen LogP contribution in [0.4, 0.5) is 40.1 Å². The van der Waals surface area contributed by atoms with E-state index in [4.69, 9.17) is 44.6 Å². The molecule has 1 heterocycles. The summed E-state index contributed by atoms with van der Waals surface area (Å²) >= 11 is 0. The number of esters is 2. The number of primary amides is 2. The highest BCUT2D eigenvalue weighted by molar-refractivity contribution is 7.88. The van der Waals surface area contributed by atoms with Crippen molar-refractivity contribution in [1.82, 2.24) is 56.5 Å². The first kappa shape index (κ1) is 91.3. The van der Waals surface area contributed by atoms with Crippen LogP contribution in [0.2, 0.25) is 0 Å². The van der Waals surface area contributed by atoms with Crippen molar-refractivity contribution in [2.45, 2.75) is 150 Å². The summed E-state index contributed by atoms with van der Waals surface area (Å²) in [4.78, 5) is 192. The van der Waals surface area contributed by atoms with E-state index in [1.807, 2.05) is 0 Å². The molecule has 15 N–H and O–H groups in total. The lowest BCUT2D eigenvalue weighted by molar-refractivity contribution is -0.148. The van der Waals surface area contributed by atoms with Crippen molar-refractivity contribution in [1.29, 1.82) is 0 Å². The quantitative estimate of drug-likeness (QED) is 0.0194. The van der Waals surface area contributed by atoms with Crippen molar-refractivity contribution in [3.8, 4) is 0 Å². The SMILES string of the molecule is CCC(=O)OCc1ccc(NC(=O)C(CCCNC(N)=O)NC(=O)[C@@H](NC(=O)OCCN(CCOC(=O)N[C@H](C(=O)NC(CCCNC(N)=O)C(=O)Nc2ccc(COC(=O)C(C)C)cc2)C(C)C)C(=O)OCCOCCNS(=O)(=O)NC(=O)OCCCNC(=O)CCCCCN2C(=O)C=CC2=O)C(C)C)cc1. The Bertz CT molecular complexity index is 3450. The average Bonchev–Trinajstić information content (AvgIpc) is 1.03. The number of ether oxygens (including phenoxy) is 7. The second kappa shape index (κ2) is 49.8. The number of alkyl carbamates (subject to hydrolysis) is 2. The number of nitrogens with zero attached hydrogens (tertiary/aromatic N) is 2. The van der Waals surface area contributed by atoms with Crippen LogP contribution in [-0.2, 0) is 99.7 Å². The Morgan fingerprint density at radius 2 is 0.981 bits per heavy atom. The van der Waals surface area contributed by atoms with Crippen LogP contribution in [-0.4, -0.2) is 218 Å². The summed E-state index contributed by atoms with van der Waals surface area (Å²) in [5, 5.41) is 23.1. The van der Waals surface area contributed by atoms with E-state index in [0.29, 0.717) is 41.8 Å². The Morgan fingerprint density at radius 1 is 0.500 bits per heavy atom. The number of nitrogens with one attached hydrogen (secondary N) is 11. The van der Waals surface area contributed by atoms with Gasteiger partial charge in [0.25, 0.3) is 11.8 Å². The molecule has 2 unspecified atom stereocenters. The first-order valence-electron chi connectivity index (χ1n) is 35.2. The number of carbonyl (C=O) groups is 15. The van der Waals surface area contributed by atoms with Crippen molar-refractivity contribution in [2.24, 2.45) is 29.2 Å². The zero-order valence-corrected chi connectivity index (χ0v) is 62.6. The highest BCUT2D eigenvalue weighted by atomic mass is 32.2. The molecule has 40 heteroatoms. The highest BCUT2D eigenvalue weighted by Gasteiger charge is 2.32. The average molecular weight is 1550 g/mol. The van der Waals surface area contributed by atoms with Gasteiger partial charge in [-0.2, -0.15) is 13.1 Å². The number of benzene rings is 2. The highest BCUT2D eigenvalue weighted by Crippen LogP contribution is 2.17. The molecule has 0 aliphatic carbocycles. The largest absolute Gasteiger partial charge is 0.461 e. The second-order valence-corrected chi connectivity index (χ2v) is 26.7. The molecule has 0 bridgehead atoms. The van der Waals surface area contributed by atoms with Crippen molar-refractivity contribution < 1.29 is 113 Å². The van der Waals surface area contributed by atoms with E-state index in [0.717, 1.165) is 9.80 Å². The Balaban J connectivity index is 1.65. The first-order chi connectivity index (χ1) is 51.3. The molecule has 2 aromatic rings. The van der Waals surface area contributed by atoms with Gasteiger partial charge in [-0.25, -0.2) is 33.5 Å². The van der Waals surface area contributed by atoms with Gasteiger partial charge < -0.3 is 97.4 Å². The predicted molar refractivity (Wildman–Crippen MR) is 386 cm³/mol. The molecular formula is C68H103N15O24S. The minimum Gasteiger partial charge on any atom is -0.461 e. The molecule has 4 atom stereocenters. The van der Waals surface area contributed by atoms with Crippen LogP contribution >= 0.6 is 0 Å². The van der Waals surface area contributed by atoms with Gasteiger partial charge in [0.2, 0.25) is 29.5 Å². The molecular weight excluding hydrogens is 1440 g/mol. The number of nitrogens with two attached hydrogens (primary N) is 2. The molecule has 0 fully saturated rings. The number of anilines is 2. The molecule has 600 valence electrons. The van der Waals surface area contributed by atoms with Crippen LogP contribution in [0, 0.1) is 17.8 Å². The van der Waals surface area contributed by atoms with Gasteiger partial charge in [0.1, 0.15) is 57.2 Å². The fourth-order valence-electron chi connectivity index (χ4n) is 9.45.